The van der Waals surface area contributed by atoms with Crippen LogP contribution in [0.25, 0.3) is 11.4 Å². The Labute approximate surface area is 156 Å². The first-order valence-corrected chi connectivity index (χ1v) is 9.83. The van der Waals surface area contributed by atoms with Crippen LogP contribution in [-0.2, 0) is 4.79 Å². The first-order chi connectivity index (χ1) is 12.5. The molecule has 6 nitrogen and oxygen atoms in total. The third kappa shape index (κ3) is 4.17. The van der Waals surface area contributed by atoms with E-state index in [-0.39, 0.29) is 23.5 Å². The molecule has 1 heterocycles. The third-order valence-electron chi connectivity index (χ3n) is 5.13. The van der Waals surface area contributed by atoms with Crippen LogP contribution in [0.3, 0.4) is 0 Å². The fourth-order valence-electron chi connectivity index (χ4n) is 3.36. The SMILES string of the molecule is C[C@@H]1[C@@H](C)CCC[C@H]1NC(=O)CSc1nnc(-c2cccc(F)c2)n1N. The highest BCUT2D eigenvalue weighted by molar-refractivity contribution is 7.99. The second kappa shape index (κ2) is 8.07. The Morgan fingerprint density at radius 1 is 1.38 bits per heavy atom. The van der Waals surface area contributed by atoms with Crippen molar-refractivity contribution in [1.82, 2.24) is 20.2 Å². The molecule has 3 N–H and O–H groups in total. The van der Waals surface area contributed by atoms with Gasteiger partial charge in [0.2, 0.25) is 11.1 Å². The number of nitrogen functional groups attached to an aromatic ring is 1. The molecular weight excluding hydrogens is 353 g/mol. The molecule has 1 aromatic carbocycles. The number of aromatic nitrogens is 3. The van der Waals surface area contributed by atoms with E-state index < -0.39 is 0 Å². The fraction of sp³-hybridized carbons (Fsp3) is 0.500. The van der Waals surface area contributed by atoms with Gasteiger partial charge >= 0.3 is 0 Å². The number of carbonyl (C=O) groups excluding carboxylic acids is 1. The van der Waals surface area contributed by atoms with Gasteiger partial charge in [0.25, 0.3) is 0 Å². The Morgan fingerprint density at radius 3 is 2.96 bits per heavy atom. The molecule has 3 atom stereocenters. The number of nitrogens with zero attached hydrogens (tertiary/aromatic N) is 3. The molecule has 1 amide bonds. The first-order valence-electron chi connectivity index (χ1n) is 8.84. The fourth-order valence-corrected chi connectivity index (χ4v) is 4.03. The first kappa shape index (κ1) is 18.7. The van der Waals surface area contributed by atoms with Crippen molar-refractivity contribution in [3.8, 4) is 11.4 Å². The number of hydrogen-bond acceptors (Lipinski definition) is 5. The van der Waals surface area contributed by atoms with E-state index in [0.29, 0.717) is 28.4 Å². The van der Waals surface area contributed by atoms with Crippen molar-refractivity contribution in [2.45, 2.75) is 44.3 Å². The maximum atomic E-state index is 13.4. The van der Waals surface area contributed by atoms with Crippen LogP contribution < -0.4 is 11.2 Å². The molecule has 1 aliphatic rings. The van der Waals surface area contributed by atoms with Gasteiger partial charge in [-0.1, -0.05) is 50.6 Å². The van der Waals surface area contributed by atoms with Crippen molar-refractivity contribution in [2.24, 2.45) is 11.8 Å². The van der Waals surface area contributed by atoms with E-state index in [1.165, 1.54) is 35.0 Å². The van der Waals surface area contributed by atoms with Gasteiger partial charge in [-0.25, -0.2) is 9.07 Å². The Morgan fingerprint density at radius 2 is 2.19 bits per heavy atom. The van der Waals surface area contributed by atoms with Gasteiger partial charge in [0, 0.05) is 11.6 Å². The quantitative estimate of drug-likeness (QED) is 0.618. The summed E-state index contributed by atoms with van der Waals surface area (Å²) in [4.78, 5) is 12.3. The standard InChI is InChI=1S/C18H24FN5OS/c1-11-5-3-8-15(12(11)2)21-16(25)10-26-18-23-22-17(24(18)20)13-6-4-7-14(19)9-13/h4,6-7,9,11-12,15H,3,5,8,10,20H2,1-2H3,(H,21,25)/t11-,12+,15+/m0/s1. The number of hydrogen-bond donors (Lipinski definition) is 2. The number of halogens is 1. The van der Waals surface area contributed by atoms with E-state index >= 15 is 0 Å². The summed E-state index contributed by atoms with van der Waals surface area (Å²) in [6, 6.07) is 6.23. The van der Waals surface area contributed by atoms with E-state index in [4.69, 9.17) is 5.84 Å². The van der Waals surface area contributed by atoms with Crippen LogP contribution in [0.5, 0.6) is 0 Å². The van der Waals surface area contributed by atoms with Gasteiger partial charge in [0.15, 0.2) is 5.82 Å². The smallest absolute Gasteiger partial charge is 0.230 e. The second-order valence-corrected chi connectivity index (χ2v) is 7.86. The Balaban J connectivity index is 1.59. The van der Waals surface area contributed by atoms with E-state index in [0.717, 1.165) is 12.8 Å². The van der Waals surface area contributed by atoms with Gasteiger partial charge in [-0.3, -0.25) is 4.79 Å². The summed E-state index contributed by atoms with van der Waals surface area (Å²) in [5.74, 6) is 7.31. The van der Waals surface area contributed by atoms with Gasteiger partial charge in [-0.15, -0.1) is 10.2 Å². The number of nitrogens with two attached hydrogens (primary N) is 1. The summed E-state index contributed by atoms with van der Waals surface area (Å²) < 4.78 is 14.7. The molecular formula is C18H24FN5OS. The van der Waals surface area contributed by atoms with Crippen LogP contribution in [-0.4, -0.2) is 32.6 Å². The minimum absolute atomic E-state index is 0.0312. The molecule has 0 saturated heterocycles. The molecule has 0 radical (unpaired) electrons. The topological polar surface area (TPSA) is 85.8 Å². The van der Waals surface area contributed by atoms with Gasteiger partial charge in [-0.05, 0) is 30.4 Å². The predicted octanol–water partition coefficient (Wildman–Crippen LogP) is 2.83. The lowest BCUT2D eigenvalue weighted by atomic mass is 9.78. The lowest BCUT2D eigenvalue weighted by molar-refractivity contribution is -0.120. The maximum Gasteiger partial charge on any atom is 0.230 e. The predicted molar refractivity (Wildman–Crippen MR) is 100 cm³/mol. The Hall–Kier alpha value is -2.09. The van der Waals surface area contributed by atoms with E-state index in [1.54, 1.807) is 12.1 Å². The Bertz CT molecular complexity index is 781. The molecule has 0 aliphatic heterocycles. The van der Waals surface area contributed by atoms with Crippen LogP contribution >= 0.6 is 11.8 Å². The van der Waals surface area contributed by atoms with Crippen molar-refractivity contribution in [3.05, 3.63) is 30.1 Å². The zero-order valence-electron chi connectivity index (χ0n) is 15.0. The summed E-state index contributed by atoms with van der Waals surface area (Å²) in [5.41, 5.74) is 0.543. The largest absolute Gasteiger partial charge is 0.352 e. The third-order valence-corrected chi connectivity index (χ3v) is 6.08. The van der Waals surface area contributed by atoms with Crippen molar-refractivity contribution in [1.29, 1.82) is 0 Å². The number of carbonyl (C=O) groups is 1. The molecule has 1 saturated carbocycles. The van der Waals surface area contributed by atoms with Crippen LogP contribution in [0.2, 0.25) is 0 Å². The molecule has 140 valence electrons. The highest BCUT2D eigenvalue weighted by Gasteiger charge is 2.28. The average molecular weight is 377 g/mol. The number of rotatable bonds is 5. The van der Waals surface area contributed by atoms with E-state index in [1.807, 2.05) is 0 Å². The normalized spacial score (nSPS) is 23.0. The molecule has 0 bridgehead atoms. The molecule has 1 aromatic heterocycles. The minimum atomic E-state index is -0.366. The van der Waals surface area contributed by atoms with Crippen molar-refractivity contribution < 1.29 is 9.18 Å². The zero-order valence-corrected chi connectivity index (χ0v) is 15.8. The minimum Gasteiger partial charge on any atom is -0.352 e. The second-order valence-electron chi connectivity index (χ2n) is 6.92. The summed E-state index contributed by atoms with van der Waals surface area (Å²) in [5, 5.41) is 11.6. The van der Waals surface area contributed by atoms with Crippen LogP contribution in [0.1, 0.15) is 33.1 Å². The molecule has 3 rings (SSSR count). The molecule has 26 heavy (non-hydrogen) atoms. The van der Waals surface area contributed by atoms with E-state index in [9.17, 15) is 9.18 Å². The molecule has 0 spiro atoms. The highest BCUT2D eigenvalue weighted by Crippen LogP contribution is 2.29. The number of thioether (sulfide) groups is 1. The zero-order chi connectivity index (χ0) is 18.7. The summed E-state index contributed by atoms with van der Waals surface area (Å²) in [6.07, 6.45) is 3.40. The molecule has 0 unspecified atom stereocenters. The van der Waals surface area contributed by atoms with Crippen LogP contribution in [0, 0.1) is 17.7 Å². The van der Waals surface area contributed by atoms with Gasteiger partial charge < -0.3 is 11.2 Å². The van der Waals surface area contributed by atoms with Crippen LogP contribution in [0.4, 0.5) is 4.39 Å². The van der Waals surface area contributed by atoms with Gasteiger partial charge in [0.1, 0.15) is 5.82 Å². The highest BCUT2D eigenvalue weighted by atomic mass is 32.2. The van der Waals surface area contributed by atoms with Crippen molar-refractivity contribution in [2.75, 3.05) is 11.6 Å². The average Bonchev–Trinajstić information content (AvgIpc) is 2.98. The summed E-state index contributed by atoms with van der Waals surface area (Å²) in [6.45, 7) is 4.44. The van der Waals surface area contributed by atoms with Crippen molar-refractivity contribution in [3.63, 3.8) is 0 Å². The summed E-state index contributed by atoms with van der Waals surface area (Å²) >= 11 is 1.22. The van der Waals surface area contributed by atoms with Crippen LogP contribution in [0.15, 0.2) is 29.4 Å². The maximum absolute atomic E-state index is 13.4. The Kier molecular flexibility index (Phi) is 5.80. The van der Waals surface area contributed by atoms with Gasteiger partial charge in [-0.2, -0.15) is 0 Å². The number of nitrogens with one attached hydrogen (secondary N) is 1. The molecule has 1 aliphatic carbocycles. The molecule has 8 heteroatoms. The van der Waals surface area contributed by atoms with Gasteiger partial charge in [0.05, 0.1) is 5.75 Å². The number of benzene rings is 1. The van der Waals surface area contributed by atoms with Crippen molar-refractivity contribution >= 4 is 17.7 Å². The monoisotopic (exact) mass is 377 g/mol. The molecule has 1 fully saturated rings. The lowest BCUT2D eigenvalue weighted by Crippen LogP contribution is -2.44. The molecule has 2 aromatic rings. The van der Waals surface area contributed by atoms with E-state index in [2.05, 4.69) is 29.4 Å². The summed E-state index contributed by atoms with van der Waals surface area (Å²) in [7, 11) is 0. The number of amides is 1. The lowest BCUT2D eigenvalue weighted by Gasteiger charge is -2.34.